The maximum Gasteiger partial charge on any atom is 0.306 e. The number of ether oxygens (including phenoxy) is 2. The number of hydrogen-bond donors (Lipinski definition) is 0. The van der Waals surface area contributed by atoms with E-state index in [1.165, 1.54) is 161 Å². The van der Waals surface area contributed by atoms with E-state index in [4.69, 9.17) is 18.5 Å². The number of esters is 2. The molecule has 462 valence electrons. The minimum atomic E-state index is -4.65. The number of carbonyl (C=O) groups excluding carboxylic acids is 2. The molecule has 9 nitrogen and oxygen atoms in total. The first-order valence-electron chi connectivity index (χ1n) is 32.9. The van der Waals surface area contributed by atoms with Crippen molar-refractivity contribution in [3.05, 3.63) is 97.2 Å². The molecule has 0 amide bonds. The van der Waals surface area contributed by atoms with Crippen molar-refractivity contribution < 1.29 is 42.1 Å². The number of nitrogens with zero attached hydrogens (tertiary/aromatic N) is 1. The van der Waals surface area contributed by atoms with Gasteiger partial charge in [-0.05, 0) is 96.3 Å². The normalized spacial score (nSPS) is 13.8. The average molecular weight is 1140 g/mol. The third kappa shape index (κ3) is 64.1. The molecule has 10 heteroatoms. The largest absolute Gasteiger partial charge is 0.756 e. The number of quaternary nitrogens is 1. The van der Waals surface area contributed by atoms with E-state index in [0.717, 1.165) is 89.9 Å². The van der Waals surface area contributed by atoms with Crippen molar-refractivity contribution in [2.75, 3.05) is 47.5 Å². The number of hydrogen-bond acceptors (Lipinski definition) is 8. The summed E-state index contributed by atoms with van der Waals surface area (Å²) in [5.74, 6) is -0.834. The van der Waals surface area contributed by atoms with Crippen LogP contribution in [0.2, 0.25) is 0 Å². The van der Waals surface area contributed by atoms with Gasteiger partial charge in [-0.3, -0.25) is 14.2 Å². The van der Waals surface area contributed by atoms with E-state index in [-0.39, 0.29) is 32.0 Å². The Kier molecular flexibility index (Phi) is 58.2. The van der Waals surface area contributed by atoms with Crippen LogP contribution in [0.15, 0.2) is 97.2 Å². The molecule has 0 aliphatic heterocycles. The number of likely N-dealkylation sites (N-methyl/N-ethyl adjacent to an activating group) is 1. The zero-order valence-electron chi connectivity index (χ0n) is 52.5. The molecular formula is C70H124NO8P. The zero-order valence-corrected chi connectivity index (χ0v) is 53.4. The first-order chi connectivity index (χ1) is 39.0. The van der Waals surface area contributed by atoms with Gasteiger partial charge in [0.15, 0.2) is 6.10 Å². The van der Waals surface area contributed by atoms with Gasteiger partial charge in [-0.2, -0.15) is 0 Å². The Balaban J connectivity index is 4.11. The second-order valence-corrected chi connectivity index (χ2v) is 24.5. The van der Waals surface area contributed by atoms with Crippen molar-refractivity contribution in [2.24, 2.45) is 0 Å². The monoisotopic (exact) mass is 1140 g/mol. The Morgan fingerprint density at radius 1 is 0.400 bits per heavy atom. The lowest BCUT2D eigenvalue weighted by atomic mass is 10.0. The van der Waals surface area contributed by atoms with E-state index in [1.807, 2.05) is 21.1 Å². The van der Waals surface area contributed by atoms with Crippen LogP contribution in [-0.4, -0.2) is 70.0 Å². The van der Waals surface area contributed by atoms with Crippen LogP contribution in [0.5, 0.6) is 0 Å². The molecule has 0 saturated heterocycles. The number of phosphoric acid groups is 1. The SMILES string of the molecule is CC/C=C\C/C=C\C/C=C\C/C=C\C/C=C\C/C=C\CCCCCCCCCCCCC(=O)OC(COC(=O)CCCCCCCCCCCCCCCCC/C=C\C/C=C\CCCCCCC)COP(=O)([O-])OCC[N+](C)(C)C. The maximum atomic E-state index is 12.8. The molecule has 2 atom stereocenters. The van der Waals surface area contributed by atoms with Crippen LogP contribution in [0, 0.1) is 0 Å². The van der Waals surface area contributed by atoms with Crippen LogP contribution >= 0.6 is 7.82 Å². The van der Waals surface area contributed by atoms with E-state index in [0.29, 0.717) is 17.4 Å². The fourth-order valence-electron chi connectivity index (χ4n) is 9.04. The first-order valence-corrected chi connectivity index (χ1v) is 34.4. The molecule has 0 fully saturated rings. The molecule has 0 saturated carbocycles. The van der Waals surface area contributed by atoms with Gasteiger partial charge < -0.3 is 27.9 Å². The van der Waals surface area contributed by atoms with Gasteiger partial charge in [-0.15, -0.1) is 0 Å². The van der Waals surface area contributed by atoms with Crippen molar-refractivity contribution >= 4 is 19.8 Å². The van der Waals surface area contributed by atoms with Crippen LogP contribution in [0.4, 0.5) is 0 Å². The Labute approximate surface area is 493 Å². The smallest absolute Gasteiger partial charge is 0.306 e. The lowest BCUT2D eigenvalue weighted by Gasteiger charge is -2.28. The molecule has 0 aromatic rings. The fourth-order valence-corrected chi connectivity index (χ4v) is 9.77. The van der Waals surface area contributed by atoms with Gasteiger partial charge in [-0.1, -0.05) is 272 Å². The number of unbranched alkanes of at least 4 members (excludes halogenated alkanes) is 30. The minimum absolute atomic E-state index is 0.0350. The lowest BCUT2D eigenvalue weighted by Crippen LogP contribution is -2.37. The van der Waals surface area contributed by atoms with E-state index in [2.05, 4.69) is 111 Å². The summed E-state index contributed by atoms with van der Waals surface area (Å²) in [7, 11) is 1.16. The van der Waals surface area contributed by atoms with Gasteiger partial charge in [0.2, 0.25) is 0 Å². The second kappa shape index (κ2) is 60.5. The standard InChI is InChI=1S/C70H124NO8P/c1-6-8-10-12-14-16-18-20-22-24-26-28-30-32-34-35-37-39-41-43-45-47-49-51-53-55-57-59-61-63-70(73)79-68(67-78-80(74,75)77-65-64-71(3,4)5)66-76-69(72)62-60-58-56-54-52-50-48-46-44-42-40-38-36-33-31-29-27-25-23-21-19-17-15-13-11-9-7-2/h8,10,14,16,19-22,25-28,32,34,37,39,68H,6-7,9,11-13,15,17-18,23-24,29-31,33,35-36,38,40-67H2,1-5H3/b10-8-,16-14-,21-19-,22-20-,27-25-,28-26-,34-32-,39-37-. The maximum absolute atomic E-state index is 12.8. The quantitative estimate of drug-likeness (QED) is 0.0195. The number of carbonyl (C=O) groups is 2. The van der Waals surface area contributed by atoms with Crippen molar-refractivity contribution in [2.45, 2.75) is 290 Å². The summed E-state index contributed by atoms with van der Waals surface area (Å²) in [6, 6.07) is 0. The predicted octanol–water partition coefficient (Wildman–Crippen LogP) is 20.5. The molecule has 0 aliphatic carbocycles. The van der Waals surface area contributed by atoms with Crippen LogP contribution in [0.3, 0.4) is 0 Å². The van der Waals surface area contributed by atoms with E-state index in [9.17, 15) is 19.0 Å². The molecule has 0 spiro atoms. The molecule has 0 radical (unpaired) electrons. The minimum Gasteiger partial charge on any atom is -0.756 e. The van der Waals surface area contributed by atoms with E-state index < -0.39 is 26.5 Å². The van der Waals surface area contributed by atoms with Crippen LogP contribution in [0.1, 0.15) is 284 Å². The lowest BCUT2D eigenvalue weighted by molar-refractivity contribution is -0.870. The molecule has 2 unspecified atom stereocenters. The van der Waals surface area contributed by atoms with Crippen molar-refractivity contribution in [3.8, 4) is 0 Å². The highest BCUT2D eigenvalue weighted by atomic mass is 31.2. The van der Waals surface area contributed by atoms with Gasteiger partial charge in [0.25, 0.3) is 7.82 Å². The highest BCUT2D eigenvalue weighted by Crippen LogP contribution is 2.38. The molecule has 0 aromatic heterocycles. The van der Waals surface area contributed by atoms with Gasteiger partial charge in [0.1, 0.15) is 19.8 Å². The van der Waals surface area contributed by atoms with Crippen molar-refractivity contribution in [3.63, 3.8) is 0 Å². The fraction of sp³-hybridized carbons (Fsp3) is 0.743. The third-order valence-electron chi connectivity index (χ3n) is 14.1. The first kappa shape index (κ1) is 76.9. The molecule has 0 N–H and O–H groups in total. The topological polar surface area (TPSA) is 111 Å². The summed E-state index contributed by atoms with van der Waals surface area (Å²) in [6.07, 6.45) is 83.2. The predicted molar refractivity (Wildman–Crippen MR) is 342 cm³/mol. The van der Waals surface area contributed by atoms with Gasteiger partial charge >= 0.3 is 11.9 Å². The zero-order chi connectivity index (χ0) is 58.4. The van der Waals surface area contributed by atoms with Crippen molar-refractivity contribution in [1.82, 2.24) is 0 Å². The number of rotatable bonds is 60. The number of phosphoric ester groups is 1. The van der Waals surface area contributed by atoms with E-state index in [1.54, 1.807) is 0 Å². The summed E-state index contributed by atoms with van der Waals surface area (Å²) >= 11 is 0. The molecule has 0 heterocycles. The second-order valence-electron chi connectivity index (χ2n) is 23.1. The molecule has 80 heavy (non-hydrogen) atoms. The summed E-state index contributed by atoms with van der Waals surface area (Å²) in [6.45, 7) is 4.13. The van der Waals surface area contributed by atoms with Crippen LogP contribution < -0.4 is 4.89 Å². The summed E-state index contributed by atoms with van der Waals surface area (Å²) < 4.78 is 34.3. The van der Waals surface area contributed by atoms with Crippen LogP contribution in [0.25, 0.3) is 0 Å². The molecule has 0 rings (SSSR count). The average Bonchev–Trinajstić information content (AvgIpc) is 3.42. The Hall–Kier alpha value is -3.07. The van der Waals surface area contributed by atoms with Gasteiger partial charge in [0.05, 0.1) is 27.7 Å². The number of allylic oxidation sites excluding steroid dienone is 16. The Morgan fingerprint density at radius 3 is 1.06 bits per heavy atom. The molecule has 0 aliphatic rings. The van der Waals surface area contributed by atoms with E-state index >= 15 is 0 Å². The summed E-state index contributed by atoms with van der Waals surface area (Å²) in [4.78, 5) is 38.0. The highest BCUT2D eigenvalue weighted by Gasteiger charge is 2.22. The Morgan fingerprint density at radius 2 is 0.713 bits per heavy atom. The van der Waals surface area contributed by atoms with Gasteiger partial charge in [0, 0.05) is 12.8 Å². The van der Waals surface area contributed by atoms with Crippen molar-refractivity contribution in [1.29, 1.82) is 0 Å². The molecule has 0 aromatic carbocycles. The molecule has 0 bridgehead atoms. The summed E-state index contributed by atoms with van der Waals surface area (Å²) in [5, 5.41) is 0. The third-order valence-corrected chi connectivity index (χ3v) is 15.1. The Bertz CT molecular complexity index is 1670. The van der Waals surface area contributed by atoms with Crippen LogP contribution in [-0.2, 0) is 32.7 Å². The summed E-state index contributed by atoms with van der Waals surface area (Å²) in [5.41, 5.74) is 0. The highest BCUT2D eigenvalue weighted by molar-refractivity contribution is 7.45. The molecular weight excluding hydrogens is 1010 g/mol. The van der Waals surface area contributed by atoms with Gasteiger partial charge in [-0.25, -0.2) is 0 Å².